The fourth-order valence-corrected chi connectivity index (χ4v) is 6.32. The van der Waals surface area contributed by atoms with Crippen LogP contribution < -0.4 is 15.5 Å². The van der Waals surface area contributed by atoms with Crippen LogP contribution in [0, 0.1) is 11.8 Å². The van der Waals surface area contributed by atoms with Crippen molar-refractivity contribution in [1.82, 2.24) is 20.3 Å². The van der Waals surface area contributed by atoms with Gasteiger partial charge in [0, 0.05) is 51.2 Å². The van der Waals surface area contributed by atoms with E-state index >= 15 is 0 Å². The van der Waals surface area contributed by atoms with E-state index in [2.05, 4.69) is 10.6 Å². The van der Waals surface area contributed by atoms with Crippen molar-refractivity contribution in [2.24, 2.45) is 11.8 Å². The molecule has 3 saturated heterocycles. The lowest BCUT2D eigenvalue weighted by molar-refractivity contribution is -0.292. The van der Waals surface area contributed by atoms with Gasteiger partial charge in [-0.1, -0.05) is 0 Å². The maximum atomic E-state index is 13.3. The average Bonchev–Trinajstić information content (AvgIpc) is 3.47. The number of ether oxygens (including phenoxy) is 4. The summed E-state index contributed by atoms with van der Waals surface area (Å²) in [6.45, 7) is 2.60. The first-order valence-electron chi connectivity index (χ1n) is 17.9. The highest BCUT2D eigenvalue weighted by Crippen LogP contribution is 2.26. The fourth-order valence-electron chi connectivity index (χ4n) is 6.32. The molecule has 4 rings (SSSR count). The molecule has 21 nitrogen and oxygen atoms in total. The van der Waals surface area contributed by atoms with E-state index in [-0.39, 0.29) is 77.4 Å². The number of unbranched alkanes of at least 4 members (excludes halogenated alkanes) is 1. The zero-order chi connectivity index (χ0) is 39.7. The summed E-state index contributed by atoms with van der Waals surface area (Å²) >= 11 is 0. The summed E-state index contributed by atoms with van der Waals surface area (Å²) in [5.41, 5.74) is 0. The second-order valence-corrected chi connectivity index (χ2v) is 13.6. The predicted molar refractivity (Wildman–Crippen MR) is 179 cm³/mol. The number of piperidine rings is 1. The number of likely N-dealkylation sites (tertiary alicyclic amines) is 1. The van der Waals surface area contributed by atoms with Gasteiger partial charge in [-0.15, -0.1) is 4.73 Å². The van der Waals surface area contributed by atoms with E-state index in [1.54, 1.807) is 0 Å². The molecule has 21 heteroatoms. The van der Waals surface area contributed by atoms with Crippen LogP contribution in [-0.2, 0) is 38.1 Å². The average molecular weight is 777 g/mol. The van der Waals surface area contributed by atoms with Gasteiger partial charge in [-0.2, -0.15) is 0 Å². The number of nitrogens with zero attached hydrogens (tertiary/aromatic N) is 2. The van der Waals surface area contributed by atoms with Crippen LogP contribution in [0.25, 0.3) is 0 Å². The van der Waals surface area contributed by atoms with E-state index in [4.69, 9.17) is 23.8 Å². The second kappa shape index (κ2) is 19.8. The largest absolute Gasteiger partial charge is 0.492 e. The van der Waals surface area contributed by atoms with E-state index in [1.165, 1.54) is 18.7 Å². The van der Waals surface area contributed by atoms with Crippen molar-refractivity contribution in [3.8, 4) is 11.8 Å². The van der Waals surface area contributed by atoms with Gasteiger partial charge in [-0.3, -0.25) is 14.4 Å². The van der Waals surface area contributed by atoms with Crippen molar-refractivity contribution < 1.29 is 83.8 Å². The Labute approximate surface area is 310 Å². The Bertz CT molecular complexity index is 1330. The number of hydrogen-bond acceptors (Lipinski definition) is 17. The number of nitrogens with one attached hydrogen (secondary N) is 2. The monoisotopic (exact) mass is 776 g/mol. The molecule has 0 bridgehead atoms. The quantitative estimate of drug-likeness (QED) is 0.0712. The zero-order valence-electron chi connectivity index (χ0n) is 30.0. The fraction of sp³-hybridized carbons (Fsp3) is 0.758. The minimum absolute atomic E-state index is 0.0119. The van der Waals surface area contributed by atoms with Gasteiger partial charge in [-0.25, -0.2) is 4.79 Å². The van der Waals surface area contributed by atoms with E-state index < -0.39 is 103 Å². The Morgan fingerprint density at radius 3 is 1.61 bits per heavy atom. The van der Waals surface area contributed by atoms with Gasteiger partial charge in [0.1, 0.15) is 36.6 Å². The molecule has 0 aliphatic carbocycles. The third kappa shape index (κ3) is 11.2. The third-order valence-corrected chi connectivity index (χ3v) is 9.54. The molecule has 3 aliphatic rings. The number of hydrogen-bond donors (Lipinski definition) is 10. The van der Waals surface area contributed by atoms with Gasteiger partial charge in [-0.05, 0) is 33.1 Å². The Balaban J connectivity index is 1.28. The molecule has 1 aromatic heterocycles. The van der Waals surface area contributed by atoms with Crippen molar-refractivity contribution >= 4 is 23.7 Å². The number of carbonyl (C=O) groups is 4. The van der Waals surface area contributed by atoms with Gasteiger partial charge in [0.2, 0.25) is 29.5 Å². The number of rotatable bonds is 16. The minimum atomic E-state index is -1.52. The van der Waals surface area contributed by atoms with Gasteiger partial charge in [0.25, 0.3) is 0 Å². The Kier molecular flexibility index (Phi) is 15.8. The topological polar surface area (TPSA) is 308 Å². The highest BCUT2D eigenvalue weighted by atomic mass is 16.7. The highest BCUT2D eigenvalue weighted by Gasteiger charge is 2.44. The third-order valence-electron chi connectivity index (χ3n) is 9.54. The molecule has 3 fully saturated rings. The molecule has 12 atom stereocenters. The van der Waals surface area contributed by atoms with Crippen molar-refractivity contribution in [3.05, 3.63) is 12.1 Å². The van der Waals surface area contributed by atoms with Crippen molar-refractivity contribution in [2.45, 2.75) is 107 Å². The predicted octanol–water partition coefficient (Wildman–Crippen LogP) is -4.20. The molecule has 306 valence electrons. The highest BCUT2D eigenvalue weighted by molar-refractivity contribution is 5.85. The number of aliphatic hydroxyl groups is 6. The minimum Gasteiger partial charge on any atom is -0.492 e. The van der Waals surface area contributed by atoms with Gasteiger partial charge in [0.15, 0.2) is 12.6 Å². The Morgan fingerprint density at radius 2 is 1.15 bits per heavy atom. The van der Waals surface area contributed by atoms with Crippen molar-refractivity contribution in [2.75, 3.05) is 39.4 Å². The molecule has 0 spiro atoms. The molecule has 1 aromatic rings. The maximum Gasteiger partial charge on any atom is 0.333 e. The smallest absolute Gasteiger partial charge is 0.333 e. The van der Waals surface area contributed by atoms with Crippen LogP contribution in [0.1, 0.15) is 46.0 Å². The van der Waals surface area contributed by atoms with Crippen LogP contribution in [0.2, 0.25) is 0 Å². The van der Waals surface area contributed by atoms with Gasteiger partial charge < -0.3 is 80.2 Å². The standard InChI is InChI=1S/C33H52N4O17/c1-16-24(42)26(44)28(46)32(52-16)50-11-9-34-30(48)18-13-19(31(49)35-10-12-51-33-29(47)27(45)25(43)17(2)53-33)15-36(14-18)20(38)5-3-4-6-23(41)54-37-21(39)7-8-22(37)40/h7-8,16-19,24-29,32-33,39-40,42-47H,3-6,9-15H2,1-2H3,(H,34,48)(H,35,49). The lowest BCUT2D eigenvalue weighted by Gasteiger charge is -2.39. The van der Waals surface area contributed by atoms with Crippen molar-refractivity contribution in [1.29, 1.82) is 0 Å². The van der Waals surface area contributed by atoms with Crippen molar-refractivity contribution in [3.63, 3.8) is 0 Å². The number of aromatic nitrogens is 1. The van der Waals surface area contributed by atoms with Crippen LogP contribution >= 0.6 is 0 Å². The first-order chi connectivity index (χ1) is 25.6. The summed E-state index contributed by atoms with van der Waals surface area (Å²) in [6.07, 6.45) is -12.4. The van der Waals surface area contributed by atoms with Crippen LogP contribution in [0.3, 0.4) is 0 Å². The molecule has 3 aliphatic heterocycles. The Hall–Kier alpha value is -3.64. The van der Waals surface area contributed by atoms with Crippen LogP contribution in [0.4, 0.5) is 0 Å². The molecular formula is C33H52N4O17. The molecule has 10 N–H and O–H groups in total. The lowest BCUT2D eigenvalue weighted by atomic mass is 9.87. The molecule has 0 saturated carbocycles. The molecular weight excluding hydrogens is 724 g/mol. The Morgan fingerprint density at radius 1 is 0.704 bits per heavy atom. The van der Waals surface area contributed by atoms with E-state index in [1.807, 2.05) is 0 Å². The summed E-state index contributed by atoms with van der Waals surface area (Å²) in [7, 11) is 0. The van der Waals surface area contributed by atoms with E-state index in [9.17, 15) is 60.0 Å². The SMILES string of the molecule is CC1OC(OCCNC(=O)C2CC(C(=O)NCCOC3OC(C)C(O)C(O)C3O)CN(C(=O)CCCCC(=O)On3c(O)ccc3O)C2)C(O)C(O)C1O. The number of amides is 3. The van der Waals surface area contributed by atoms with Crippen LogP contribution in [0.5, 0.6) is 11.8 Å². The van der Waals surface area contributed by atoms with Crippen LogP contribution in [0.15, 0.2) is 12.1 Å². The molecule has 3 amide bonds. The number of aromatic hydroxyl groups is 2. The first-order valence-corrected chi connectivity index (χ1v) is 17.9. The summed E-state index contributed by atoms with van der Waals surface area (Å²) in [5.74, 6) is -4.68. The number of carbonyl (C=O) groups excluding carboxylic acids is 4. The van der Waals surface area contributed by atoms with Gasteiger partial charge in [0.05, 0.1) is 37.3 Å². The molecule has 12 unspecified atom stereocenters. The molecule has 54 heavy (non-hydrogen) atoms. The number of aliphatic hydroxyl groups excluding tert-OH is 6. The summed E-state index contributed by atoms with van der Waals surface area (Å²) in [5, 5.41) is 84.6. The van der Waals surface area contributed by atoms with Crippen LogP contribution in [-0.4, -0.2) is 175 Å². The molecule has 0 aromatic carbocycles. The second-order valence-electron chi connectivity index (χ2n) is 13.6. The van der Waals surface area contributed by atoms with E-state index in [0.29, 0.717) is 4.73 Å². The maximum absolute atomic E-state index is 13.3. The van der Waals surface area contributed by atoms with E-state index in [0.717, 1.165) is 12.1 Å². The zero-order valence-corrected chi connectivity index (χ0v) is 30.0. The normalized spacial score (nSPS) is 32.9. The van der Waals surface area contributed by atoms with Gasteiger partial charge >= 0.3 is 5.97 Å². The summed E-state index contributed by atoms with van der Waals surface area (Å²) < 4.78 is 22.3. The summed E-state index contributed by atoms with van der Waals surface area (Å²) in [4.78, 5) is 58.3. The molecule has 0 radical (unpaired) electrons. The first kappa shape index (κ1) is 43.1. The molecule has 4 heterocycles. The summed E-state index contributed by atoms with van der Waals surface area (Å²) in [6, 6.07) is 2.27. The lowest BCUT2D eigenvalue weighted by Crippen LogP contribution is -2.57.